The molecule has 4 rings (SSSR count). The number of hydrogen-bond acceptors (Lipinski definition) is 5. The van der Waals surface area contributed by atoms with Crippen molar-refractivity contribution >= 4 is 16.7 Å². The van der Waals surface area contributed by atoms with Gasteiger partial charge in [0.05, 0.1) is 18.2 Å². The van der Waals surface area contributed by atoms with Crippen LogP contribution in [0.1, 0.15) is 30.3 Å². The van der Waals surface area contributed by atoms with Crippen LogP contribution in [0.2, 0.25) is 0 Å². The van der Waals surface area contributed by atoms with Crippen LogP contribution in [0.25, 0.3) is 16.5 Å². The third-order valence-electron chi connectivity index (χ3n) is 5.74. The first kappa shape index (κ1) is 20.1. The molecule has 30 heavy (non-hydrogen) atoms. The number of ether oxygens (including phenoxy) is 1. The Kier molecular flexibility index (Phi) is 5.81. The molecule has 2 aromatic carbocycles. The summed E-state index contributed by atoms with van der Waals surface area (Å²) in [7, 11) is 1.59. The van der Waals surface area contributed by atoms with Crippen molar-refractivity contribution < 1.29 is 9.53 Å². The molecule has 1 amide bonds. The maximum atomic E-state index is 13.1. The van der Waals surface area contributed by atoms with E-state index in [9.17, 15) is 9.59 Å². The van der Waals surface area contributed by atoms with Crippen molar-refractivity contribution in [2.24, 2.45) is 0 Å². The number of likely N-dealkylation sites (N-methyl/N-ethyl adjacent to an activating group) is 1. The number of carbonyl (C=O) groups excluding carboxylic acids is 1. The number of nitrogens with zero attached hydrogens (tertiary/aromatic N) is 3. The summed E-state index contributed by atoms with van der Waals surface area (Å²) in [6.07, 6.45) is 2.23. The lowest BCUT2D eigenvalue weighted by atomic mass is 10.1. The highest BCUT2D eigenvalue weighted by atomic mass is 16.5. The van der Waals surface area contributed by atoms with Gasteiger partial charge in [0.1, 0.15) is 5.75 Å². The molecule has 156 valence electrons. The van der Waals surface area contributed by atoms with E-state index in [4.69, 9.17) is 4.74 Å². The number of rotatable bonds is 6. The highest BCUT2D eigenvalue weighted by molar-refractivity contribution is 6.04. The number of benzene rings is 2. The summed E-state index contributed by atoms with van der Waals surface area (Å²) in [5.41, 5.74) is 0.566. The number of amides is 1. The molecule has 1 aromatic heterocycles. The van der Waals surface area contributed by atoms with Crippen LogP contribution < -0.4 is 15.6 Å². The van der Waals surface area contributed by atoms with Crippen LogP contribution in [0.4, 0.5) is 0 Å². The van der Waals surface area contributed by atoms with Gasteiger partial charge in [-0.2, -0.15) is 9.78 Å². The van der Waals surface area contributed by atoms with Crippen LogP contribution in [0.15, 0.2) is 53.3 Å². The molecule has 3 aromatic rings. The van der Waals surface area contributed by atoms with E-state index >= 15 is 0 Å². The first-order valence-electron chi connectivity index (χ1n) is 10.3. The molecule has 0 radical (unpaired) electrons. The Bertz CT molecular complexity index is 1110. The molecule has 1 aliphatic heterocycles. The van der Waals surface area contributed by atoms with Gasteiger partial charge in [-0.1, -0.05) is 25.1 Å². The Morgan fingerprint density at radius 2 is 1.90 bits per heavy atom. The highest BCUT2D eigenvalue weighted by Gasteiger charge is 2.24. The van der Waals surface area contributed by atoms with Crippen molar-refractivity contribution in [3.05, 3.63) is 64.6 Å². The van der Waals surface area contributed by atoms with E-state index in [-0.39, 0.29) is 17.2 Å². The van der Waals surface area contributed by atoms with Crippen molar-refractivity contribution in [2.45, 2.75) is 25.8 Å². The Balaban J connectivity index is 1.70. The maximum Gasteiger partial charge on any atom is 0.279 e. The van der Waals surface area contributed by atoms with E-state index in [0.717, 1.165) is 25.9 Å². The summed E-state index contributed by atoms with van der Waals surface area (Å²) in [4.78, 5) is 28.5. The lowest BCUT2D eigenvalue weighted by Gasteiger charge is -2.23. The summed E-state index contributed by atoms with van der Waals surface area (Å²) in [6.45, 7) is 4.76. The molecule has 0 saturated carbocycles. The third kappa shape index (κ3) is 3.80. The largest absolute Gasteiger partial charge is 0.497 e. The first-order valence-corrected chi connectivity index (χ1v) is 10.3. The Morgan fingerprint density at radius 3 is 2.60 bits per heavy atom. The lowest BCUT2D eigenvalue weighted by Crippen LogP contribution is -2.40. The SMILES string of the molecule is CCN1CCCC1CNC(=O)c1nn(-c2ccc(OC)cc2)c(=O)c2ccccc12. The van der Waals surface area contributed by atoms with E-state index in [2.05, 4.69) is 22.2 Å². The summed E-state index contributed by atoms with van der Waals surface area (Å²) in [6, 6.07) is 14.5. The fraction of sp³-hybridized carbons (Fsp3) is 0.348. The van der Waals surface area contributed by atoms with Gasteiger partial charge >= 0.3 is 0 Å². The van der Waals surface area contributed by atoms with Gasteiger partial charge in [0.15, 0.2) is 5.69 Å². The van der Waals surface area contributed by atoms with Crippen LogP contribution in [-0.2, 0) is 0 Å². The standard InChI is InChI=1S/C23H26N4O3/c1-3-26-14-6-7-17(26)15-24-22(28)21-19-8-4-5-9-20(19)23(29)27(25-21)16-10-12-18(30-2)13-11-16/h4-5,8-13,17H,3,6-7,14-15H2,1-2H3,(H,24,28). The molecule has 1 aliphatic rings. The molecular formula is C23H26N4O3. The Hall–Kier alpha value is -3.19. The summed E-state index contributed by atoms with van der Waals surface area (Å²) in [5, 5.41) is 8.50. The first-order chi connectivity index (χ1) is 14.6. The van der Waals surface area contributed by atoms with Gasteiger partial charge < -0.3 is 10.1 Å². The molecule has 1 atom stereocenters. The quantitative estimate of drug-likeness (QED) is 0.681. The minimum Gasteiger partial charge on any atom is -0.497 e. The molecule has 1 unspecified atom stereocenters. The van der Waals surface area contributed by atoms with Gasteiger partial charge in [0.2, 0.25) is 0 Å². The molecular weight excluding hydrogens is 380 g/mol. The van der Waals surface area contributed by atoms with Gasteiger partial charge in [0, 0.05) is 18.0 Å². The van der Waals surface area contributed by atoms with Crippen LogP contribution in [0.3, 0.4) is 0 Å². The third-order valence-corrected chi connectivity index (χ3v) is 5.74. The minimum absolute atomic E-state index is 0.252. The fourth-order valence-electron chi connectivity index (χ4n) is 4.09. The summed E-state index contributed by atoms with van der Waals surface area (Å²) >= 11 is 0. The average Bonchev–Trinajstić information content (AvgIpc) is 3.26. The van der Waals surface area contributed by atoms with E-state index in [1.165, 1.54) is 4.68 Å². The Labute approximate surface area is 175 Å². The molecule has 7 heteroatoms. The number of nitrogens with one attached hydrogen (secondary N) is 1. The smallest absolute Gasteiger partial charge is 0.279 e. The number of fused-ring (bicyclic) bond motifs is 1. The monoisotopic (exact) mass is 406 g/mol. The highest BCUT2D eigenvalue weighted by Crippen LogP contribution is 2.18. The molecule has 0 spiro atoms. The van der Waals surface area contributed by atoms with Crippen LogP contribution in [-0.4, -0.2) is 53.4 Å². The predicted molar refractivity (Wildman–Crippen MR) is 116 cm³/mol. The lowest BCUT2D eigenvalue weighted by molar-refractivity contribution is 0.0936. The topological polar surface area (TPSA) is 76.5 Å². The zero-order valence-electron chi connectivity index (χ0n) is 17.3. The van der Waals surface area contributed by atoms with E-state index in [1.54, 1.807) is 49.6 Å². The average molecular weight is 406 g/mol. The second-order valence-electron chi connectivity index (χ2n) is 7.44. The summed E-state index contributed by atoms with van der Waals surface area (Å²) < 4.78 is 6.47. The molecule has 1 fully saturated rings. The van der Waals surface area contributed by atoms with Gasteiger partial charge in [-0.05, 0) is 56.3 Å². The second-order valence-corrected chi connectivity index (χ2v) is 7.44. The zero-order chi connectivity index (χ0) is 21.1. The second kappa shape index (κ2) is 8.67. The van der Waals surface area contributed by atoms with Crippen molar-refractivity contribution in [3.63, 3.8) is 0 Å². The molecule has 1 N–H and O–H groups in total. The van der Waals surface area contributed by atoms with Crippen LogP contribution in [0.5, 0.6) is 5.75 Å². The minimum atomic E-state index is -0.267. The number of methoxy groups -OCH3 is 1. The van der Waals surface area contributed by atoms with Gasteiger partial charge in [-0.25, -0.2) is 0 Å². The number of hydrogen-bond donors (Lipinski definition) is 1. The van der Waals surface area contributed by atoms with E-state index in [1.807, 2.05) is 6.07 Å². The van der Waals surface area contributed by atoms with Crippen LogP contribution in [0, 0.1) is 0 Å². The number of carbonyl (C=O) groups is 1. The van der Waals surface area contributed by atoms with E-state index < -0.39 is 0 Å². The molecule has 7 nitrogen and oxygen atoms in total. The zero-order valence-corrected chi connectivity index (χ0v) is 17.3. The number of aromatic nitrogens is 2. The van der Waals surface area contributed by atoms with Crippen molar-refractivity contribution in [3.8, 4) is 11.4 Å². The predicted octanol–water partition coefficient (Wildman–Crippen LogP) is 2.61. The van der Waals surface area contributed by atoms with E-state index in [0.29, 0.717) is 34.8 Å². The van der Waals surface area contributed by atoms with Crippen molar-refractivity contribution in [2.75, 3.05) is 26.7 Å². The van der Waals surface area contributed by atoms with Crippen molar-refractivity contribution in [1.29, 1.82) is 0 Å². The normalized spacial score (nSPS) is 16.7. The van der Waals surface area contributed by atoms with Crippen LogP contribution >= 0.6 is 0 Å². The van der Waals surface area contributed by atoms with Gasteiger partial charge in [-0.15, -0.1) is 0 Å². The molecule has 2 heterocycles. The Morgan fingerprint density at radius 1 is 1.17 bits per heavy atom. The van der Waals surface area contributed by atoms with Gasteiger partial charge in [0.25, 0.3) is 11.5 Å². The number of likely N-dealkylation sites (tertiary alicyclic amines) is 1. The van der Waals surface area contributed by atoms with Crippen molar-refractivity contribution in [1.82, 2.24) is 20.0 Å². The summed E-state index contributed by atoms with van der Waals surface area (Å²) in [5.74, 6) is 0.416. The van der Waals surface area contributed by atoms with Gasteiger partial charge in [-0.3, -0.25) is 14.5 Å². The molecule has 0 bridgehead atoms. The fourth-order valence-corrected chi connectivity index (χ4v) is 4.09. The molecule has 0 aliphatic carbocycles. The maximum absolute atomic E-state index is 13.1. The molecule has 1 saturated heterocycles.